The molecule has 0 bridgehead atoms. The lowest BCUT2D eigenvalue weighted by Crippen LogP contribution is -2.28. The van der Waals surface area contributed by atoms with Crippen LogP contribution in [0.25, 0.3) is 0 Å². The van der Waals surface area contributed by atoms with Crippen molar-refractivity contribution >= 4 is 0 Å². The molecular formula is C9H18O4. The van der Waals surface area contributed by atoms with Crippen LogP contribution in [0.5, 0.6) is 0 Å². The molecule has 2 atom stereocenters. The second-order valence-electron chi connectivity index (χ2n) is 3.20. The molecule has 2 unspecified atom stereocenters. The summed E-state index contributed by atoms with van der Waals surface area (Å²) < 4.78 is 10.8. The summed E-state index contributed by atoms with van der Waals surface area (Å²) in [5.74, 6) is 0. The van der Waals surface area contributed by atoms with Gasteiger partial charge in [-0.15, -0.1) is 0 Å². The molecule has 1 fully saturated rings. The summed E-state index contributed by atoms with van der Waals surface area (Å²) in [5, 5.41) is 17.2. The molecule has 1 aliphatic rings. The topological polar surface area (TPSA) is 58.9 Å². The number of ether oxygens (including phenoxy) is 2. The van der Waals surface area contributed by atoms with Gasteiger partial charge in [0.15, 0.2) is 0 Å². The first-order valence-corrected chi connectivity index (χ1v) is 4.83. The summed E-state index contributed by atoms with van der Waals surface area (Å²) in [6.45, 7) is 0.875. The molecule has 4 heteroatoms. The molecule has 0 aromatic rings. The number of aliphatic hydroxyl groups is 2. The van der Waals surface area contributed by atoms with Crippen LogP contribution >= 0.6 is 0 Å². The van der Waals surface area contributed by atoms with Crippen molar-refractivity contribution in [2.75, 3.05) is 26.4 Å². The Hall–Kier alpha value is -0.160. The third-order valence-corrected chi connectivity index (χ3v) is 2.24. The summed E-state index contributed by atoms with van der Waals surface area (Å²) in [7, 11) is 0. The van der Waals surface area contributed by atoms with Crippen LogP contribution in [-0.4, -0.2) is 48.8 Å². The fraction of sp³-hybridized carbons (Fsp3) is 1.00. The highest BCUT2D eigenvalue weighted by Crippen LogP contribution is 2.24. The Labute approximate surface area is 78.5 Å². The molecule has 1 aliphatic carbocycles. The number of aliphatic hydroxyl groups excluding tert-OH is 2. The maximum Gasteiger partial charge on any atom is 0.0837 e. The maximum atomic E-state index is 8.58. The van der Waals surface area contributed by atoms with E-state index in [1.165, 1.54) is 0 Å². The highest BCUT2D eigenvalue weighted by molar-refractivity contribution is 4.78. The molecule has 0 heterocycles. The third-order valence-electron chi connectivity index (χ3n) is 2.24. The van der Waals surface area contributed by atoms with Crippen molar-refractivity contribution in [3.8, 4) is 0 Å². The summed E-state index contributed by atoms with van der Waals surface area (Å²) in [5.41, 5.74) is 0. The van der Waals surface area contributed by atoms with Gasteiger partial charge < -0.3 is 19.7 Å². The molecule has 0 aromatic carbocycles. The normalized spacial score (nSPS) is 28.2. The molecule has 0 amide bonds. The Morgan fingerprint density at radius 2 is 1.38 bits per heavy atom. The lowest BCUT2D eigenvalue weighted by molar-refractivity contribution is -0.0693. The monoisotopic (exact) mass is 190 g/mol. The predicted octanol–water partition coefficient (Wildman–Crippen LogP) is -0.0747. The van der Waals surface area contributed by atoms with E-state index in [0.717, 1.165) is 19.3 Å². The molecule has 1 saturated carbocycles. The van der Waals surface area contributed by atoms with Gasteiger partial charge in [0, 0.05) is 0 Å². The molecule has 0 saturated heterocycles. The average molecular weight is 190 g/mol. The van der Waals surface area contributed by atoms with E-state index in [9.17, 15) is 0 Å². The summed E-state index contributed by atoms with van der Waals surface area (Å²) in [6.07, 6.45) is 3.32. The summed E-state index contributed by atoms with van der Waals surface area (Å²) >= 11 is 0. The first-order chi connectivity index (χ1) is 6.38. The lowest BCUT2D eigenvalue weighted by atomic mass is 10.2. The van der Waals surface area contributed by atoms with Crippen molar-refractivity contribution < 1.29 is 19.7 Å². The van der Waals surface area contributed by atoms with Gasteiger partial charge in [0.2, 0.25) is 0 Å². The van der Waals surface area contributed by atoms with Crippen molar-refractivity contribution in [1.82, 2.24) is 0 Å². The average Bonchev–Trinajstić information content (AvgIpc) is 2.59. The zero-order chi connectivity index (χ0) is 9.52. The van der Waals surface area contributed by atoms with Crippen molar-refractivity contribution in [2.24, 2.45) is 0 Å². The van der Waals surface area contributed by atoms with Crippen LogP contribution in [0.1, 0.15) is 19.3 Å². The third kappa shape index (κ3) is 3.60. The Balaban J connectivity index is 2.18. The lowest BCUT2D eigenvalue weighted by Gasteiger charge is -2.19. The standard InChI is InChI=1S/C9H18O4/c10-4-6-12-8-2-1-3-9(8)13-7-5-11/h8-11H,1-7H2. The first-order valence-electron chi connectivity index (χ1n) is 4.83. The Morgan fingerprint density at radius 3 is 1.77 bits per heavy atom. The van der Waals surface area contributed by atoms with Gasteiger partial charge in [0.25, 0.3) is 0 Å². The zero-order valence-corrected chi connectivity index (χ0v) is 7.82. The first kappa shape index (κ1) is 10.9. The van der Waals surface area contributed by atoms with Gasteiger partial charge in [-0.2, -0.15) is 0 Å². The minimum absolute atomic E-state index is 0.0587. The Bertz CT molecular complexity index is 115. The minimum atomic E-state index is 0.0587. The van der Waals surface area contributed by atoms with Crippen LogP contribution in [0.3, 0.4) is 0 Å². The molecule has 0 aliphatic heterocycles. The zero-order valence-electron chi connectivity index (χ0n) is 7.82. The van der Waals surface area contributed by atoms with Crippen molar-refractivity contribution in [3.05, 3.63) is 0 Å². The van der Waals surface area contributed by atoms with Gasteiger partial charge in [-0.1, -0.05) is 0 Å². The fourth-order valence-corrected chi connectivity index (χ4v) is 1.68. The van der Waals surface area contributed by atoms with E-state index in [-0.39, 0.29) is 25.4 Å². The van der Waals surface area contributed by atoms with E-state index >= 15 is 0 Å². The summed E-state index contributed by atoms with van der Waals surface area (Å²) in [6, 6.07) is 0. The summed E-state index contributed by atoms with van der Waals surface area (Å²) in [4.78, 5) is 0. The van der Waals surface area contributed by atoms with E-state index < -0.39 is 0 Å². The molecular weight excluding hydrogens is 172 g/mol. The van der Waals surface area contributed by atoms with Gasteiger partial charge in [-0.05, 0) is 19.3 Å². The molecule has 2 N–H and O–H groups in total. The van der Waals surface area contributed by atoms with Crippen LogP contribution < -0.4 is 0 Å². The van der Waals surface area contributed by atoms with Gasteiger partial charge in [0.1, 0.15) is 0 Å². The minimum Gasteiger partial charge on any atom is -0.394 e. The van der Waals surface area contributed by atoms with Crippen molar-refractivity contribution in [1.29, 1.82) is 0 Å². The quantitative estimate of drug-likeness (QED) is 0.615. The predicted molar refractivity (Wildman–Crippen MR) is 47.5 cm³/mol. The molecule has 0 aromatic heterocycles. The van der Waals surface area contributed by atoms with Crippen LogP contribution in [0.4, 0.5) is 0 Å². The van der Waals surface area contributed by atoms with Gasteiger partial charge in [-0.25, -0.2) is 0 Å². The smallest absolute Gasteiger partial charge is 0.0837 e. The Morgan fingerprint density at radius 1 is 0.923 bits per heavy atom. The van der Waals surface area contributed by atoms with Crippen LogP contribution in [-0.2, 0) is 9.47 Å². The fourth-order valence-electron chi connectivity index (χ4n) is 1.68. The molecule has 78 valence electrons. The van der Waals surface area contributed by atoms with Gasteiger partial charge in [0.05, 0.1) is 38.6 Å². The van der Waals surface area contributed by atoms with Crippen LogP contribution in [0, 0.1) is 0 Å². The van der Waals surface area contributed by atoms with E-state index in [2.05, 4.69) is 0 Å². The van der Waals surface area contributed by atoms with Gasteiger partial charge in [-0.3, -0.25) is 0 Å². The van der Waals surface area contributed by atoms with Gasteiger partial charge >= 0.3 is 0 Å². The Kier molecular flexibility index (Phi) is 5.31. The van der Waals surface area contributed by atoms with Crippen LogP contribution in [0.15, 0.2) is 0 Å². The van der Waals surface area contributed by atoms with E-state index in [1.54, 1.807) is 0 Å². The molecule has 1 rings (SSSR count). The largest absolute Gasteiger partial charge is 0.394 e. The second kappa shape index (κ2) is 6.32. The van der Waals surface area contributed by atoms with E-state index in [1.807, 2.05) is 0 Å². The van der Waals surface area contributed by atoms with Crippen molar-refractivity contribution in [3.63, 3.8) is 0 Å². The number of hydrogen-bond acceptors (Lipinski definition) is 4. The number of rotatable bonds is 6. The van der Waals surface area contributed by atoms with Crippen LogP contribution in [0.2, 0.25) is 0 Å². The highest BCUT2D eigenvalue weighted by Gasteiger charge is 2.28. The molecule has 13 heavy (non-hydrogen) atoms. The molecule has 0 spiro atoms. The maximum absolute atomic E-state index is 8.58. The number of hydrogen-bond donors (Lipinski definition) is 2. The molecule has 4 nitrogen and oxygen atoms in total. The second-order valence-corrected chi connectivity index (χ2v) is 3.20. The highest BCUT2D eigenvalue weighted by atomic mass is 16.5. The van der Waals surface area contributed by atoms with E-state index in [4.69, 9.17) is 19.7 Å². The molecule has 0 radical (unpaired) electrons. The SMILES string of the molecule is OCCOC1CCCC1OCCO. The van der Waals surface area contributed by atoms with E-state index in [0.29, 0.717) is 13.2 Å². The van der Waals surface area contributed by atoms with Crippen molar-refractivity contribution in [2.45, 2.75) is 31.5 Å².